The quantitative estimate of drug-likeness (QED) is 0.506. The zero-order valence-electron chi connectivity index (χ0n) is 10.7. The van der Waals surface area contributed by atoms with Gasteiger partial charge in [0.25, 0.3) is 5.91 Å². The first-order valence-corrected chi connectivity index (χ1v) is 6.73. The Labute approximate surface area is 134 Å². The highest BCUT2D eigenvalue weighted by molar-refractivity contribution is 6.46. The first-order valence-electron chi connectivity index (χ1n) is 5.60. The molecule has 110 valence electrons. The summed E-state index contributed by atoms with van der Waals surface area (Å²) in [6.07, 6.45) is 1.33. The highest BCUT2D eigenvalue weighted by Gasteiger charge is 2.19. The number of nitrogens with two attached hydrogens (primary N) is 1. The molecule has 2 aromatic rings. The zero-order chi connectivity index (χ0) is 15.6. The summed E-state index contributed by atoms with van der Waals surface area (Å²) in [4.78, 5) is 15.7. The lowest BCUT2D eigenvalue weighted by atomic mass is 10.3. The summed E-state index contributed by atoms with van der Waals surface area (Å²) in [5.74, 6) is 0.537. The van der Waals surface area contributed by atoms with Crippen LogP contribution in [0.5, 0.6) is 0 Å². The van der Waals surface area contributed by atoms with Crippen molar-refractivity contribution in [3.8, 4) is 0 Å². The molecular weight excluding hydrogens is 339 g/mol. The van der Waals surface area contributed by atoms with Gasteiger partial charge in [-0.05, 0) is 19.1 Å². The molecule has 0 spiro atoms. The molecule has 0 radical (unpaired) electrons. The predicted molar refractivity (Wildman–Crippen MR) is 82.2 cm³/mol. The van der Waals surface area contributed by atoms with Gasteiger partial charge < -0.3 is 10.2 Å². The number of carbonyl (C=O) groups excluding carboxylic acids is 1. The molecule has 6 nitrogen and oxygen atoms in total. The van der Waals surface area contributed by atoms with Crippen LogP contribution >= 0.6 is 34.8 Å². The average Bonchev–Trinajstić information content (AvgIpc) is 2.86. The number of aryl methyl sites for hydroxylation is 1. The molecule has 1 amide bonds. The van der Waals surface area contributed by atoms with Gasteiger partial charge in [0.2, 0.25) is 0 Å². The predicted octanol–water partition coefficient (Wildman–Crippen LogP) is 3.29. The van der Waals surface area contributed by atoms with E-state index in [1.165, 1.54) is 6.21 Å². The number of furan rings is 1. The fraction of sp³-hybridized carbons (Fsp3) is 0.0833. The van der Waals surface area contributed by atoms with Crippen molar-refractivity contribution in [3.05, 3.63) is 44.5 Å². The number of anilines is 1. The second kappa shape index (κ2) is 6.34. The number of carbonyl (C=O) groups is 1. The second-order valence-electron chi connectivity index (χ2n) is 3.94. The van der Waals surface area contributed by atoms with Crippen LogP contribution in [0.15, 0.2) is 21.7 Å². The lowest BCUT2D eigenvalue weighted by Crippen LogP contribution is -2.20. The van der Waals surface area contributed by atoms with Crippen LogP contribution in [0.2, 0.25) is 15.2 Å². The van der Waals surface area contributed by atoms with Gasteiger partial charge in [0, 0.05) is 0 Å². The topological polar surface area (TPSA) is 93.5 Å². The van der Waals surface area contributed by atoms with E-state index < -0.39 is 5.91 Å². The smallest absolute Gasteiger partial charge is 0.291 e. The van der Waals surface area contributed by atoms with Crippen LogP contribution in [0.25, 0.3) is 0 Å². The second-order valence-corrected chi connectivity index (χ2v) is 5.05. The summed E-state index contributed by atoms with van der Waals surface area (Å²) in [5.41, 5.74) is 7.67. The van der Waals surface area contributed by atoms with Crippen molar-refractivity contribution < 1.29 is 9.21 Å². The molecule has 2 heterocycles. The third kappa shape index (κ3) is 3.47. The molecule has 0 saturated carbocycles. The minimum Gasteiger partial charge on any atom is -0.460 e. The number of aromatic nitrogens is 1. The van der Waals surface area contributed by atoms with E-state index in [-0.39, 0.29) is 26.6 Å². The summed E-state index contributed by atoms with van der Waals surface area (Å²) in [7, 11) is 0. The zero-order valence-corrected chi connectivity index (χ0v) is 12.9. The van der Waals surface area contributed by atoms with Crippen LogP contribution < -0.4 is 11.2 Å². The monoisotopic (exact) mass is 346 g/mol. The first-order chi connectivity index (χ1) is 9.90. The van der Waals surface area contributed by atoms with E-state index in [0.717, 1.165) is 5.76 Å². The summed E-state index contributed by atoms with van der Waals surface area (Å²) in [6.45, 7) is 1.79. The number of hydrazone groups is 1. The van der Waals surface area contributed by atoms with Crippen molar-refractivity contribution in [1.82, 2.24) is 10.4 Å². The number of halogens is 3. The van der Waals surface area contributed by atoms with Gasteiger partial charge in [-0.3, -0.25) is 4.79 Å². The van der Waals surface area contributed by atoms with Gasteiger partial charge in [0.1, 0.15) is 16.5 Å². The Morgan fingerprint density at radius 2 is 2.10 bits per heavy atom. The highest BCUT2D eigenvalue weighted by atomic mass is 35.5. The molecule has 2 rings (SSSR count). The van der Waals surface area contributed by atoms with Crippen LogP contribution in [0.3, 0.4) is 0 Å². The van der Waals surface area contributed by atoms with E-state index in [1.54, 1.807) is 19.1 Å². The lowest BCUT2D eigenvalue weighted by Gasteiger charge is -2.07. The van der Waals surface area contributed by atoms with Gasteiger partial charge in [-0.15, -0.1) is 0 Å². The largest absolute Gasteiger partial charge is 0.460 e. The van der Waals surface area contributed by atoms with Crippen LogP contribution in [0.4, 0.5) is 5.69 Å². The van der Waals surface area contributed by atoms with Crippen molar-refractivity contribution in [2.75, 3.05) is 5.73 Å². The number of hydrogen-bond acceptors (Lipinski definition) is 5. The minimum absolute atomic E-state index is 0.00669. The Kier molecular flexibility index (Phi) is 4.72. The van der Waals surface area contributed by atoms with Crippen molar-refractivity contribution in [3.63, 3.8) is 0 Å². The maximum Gasteiger partial charge on any atom is 0.291 e. The Morgan fingerprint density at radius 3 is 2.71 bits per heavy atom. The van der Waals surface area contributed by atoms with Gasteiger partial charge in [-0.2, -0.15) is 5.10 Å². The third-order valence-corrected chi connectivity index (χ3v) is 3.54. The maximum absolute atomic E-state index is 11.9. The number of nitrogens with zero attached hydrogens (tertiary/aromatic N) is 2. The molecule has 3 N–H and O–H groups in total. The SMILES string of the molecule is Cc1ccc(C=NNC(=O)c2nc(Cl)c(Cl)c(N)c2Cl)o1. The number of hydrogen-bond donors (Lipinski definition) is 2. The van der Waals surface area contributed by atoms with Crippen molar-refractivity contribution >= 4 is 52.6 Å². The molecule has 9 heteroatoms. The van der Waals surface area contributed by atoms with Crippen LogP contribution in [-0.4, -0.2) is 17.1 Å². The van der Waals surface area contributed by atoms with E-state index in [0.29, 0.717) is 5.76 Å². The molecule has 21 heavy (non-hydrogen) atoms. The third-order valence-electron chi connectivity index (χ3n) is 2.41. The fourth-order valence-electron chi connectivity index (χ4n) is 1.41. The Hall–Kier alpha value is -1.76. The van der Waals surface area contributed by atoms with Gasteiger partial charge in [-0.25, -0.2) is 10.4 Å². The Bertz CT molecular complexity index is 728. The van der Waals surface area contributed by atoms with Crippen molar-refractivity contribution in [2.24, 2.45) is 5.10 Å². The molecule has 0 aliphatic heterocycles. The molecular formula is C12H9Cl3N4O2. The number of nitrogen functional groups attached to an aromatic ring is 1. The van der Waals surface area contributed by atoms with E-state index in [2.05, 4.69) is 15.5 Å². The highest BCUT2D eigenvalue weighted by Crippen LogP contribution is 2.34. The van der Waals surface area contributed by atoms with Crippen LogP contribution in [0.1, 0.15) is 22.0 Å². The Morgan fingerprint density at radius 1 is 1.38 bits per heavy atom. The van der Waals surface area contributed by atoms with Gasteiger partial charge >= 0.3 is 0 Å². The molecule has 0 bridgehead atoms. The first kappa shape index (κ1) is 15.6. The molecule has 0 aliphatic carbocycles. The molecule has 0 atom stereocenters. The fourth-order valence-corrected chi connectivity index (χ4v) is 2.01. The molecule has 0 fully saturated rings. The average molecular weight is 348 g/mol. The molecule has 0 aromatic carbocycles. The number of rotatable bonds is 3. The normalized spacial score (nSPS) is 11.0. The summed E-state index contributed by atoms with van der Waals surface area (Å²) < 4.78 is 5.25. The molecule has 0 saturated heterocycles. The number of nitrogens with one attached hydrogen (secondary N) is 1. The molecule has 0 unspecified atom stereocenters. The van der Waals surface area contributed by atoms with E-state index in [9.17, 15) is 4.79 Å². The minimum atomic E-state index is -0.676. The van der Waals surface area contributed by atoms with Gasteiger partial charge in [-0.1, -0.05) is 34.8 Å². The Balaban J connectivity index is 2.16. The van der Waals surface area contributed by atoms with Crippen molar-refractivity contribution in [1.29, 1.82) is 0 Å². The molecule has 0 aliphatic rings. The van der Waals surface area contributed by atoms with Gasteiger partial charge in [0.05, 0.1) is 16.9 Å². The maximum atomic E-state index is 11.9. The number of pyridine rings is 1. The van der Waals surface area contributed by atoms with Gasteiger partial charge in [0.15, 0.2) is 10.8 Å². The van der Waals surface area contributed by atoms with Crippen molar-refractivity contribution in [2.45, 2.75) is 6.92 Å². The molecule has 2 aromatic heterocycles. The van der Waals surface area contributed by atoms with Crippen LogP contribution in [-0.2, 0) is 0 Å². The standard InChI is InChI=1S/C12H9Cl3N4O2/c1-5-2-3-6(21-5)4-17-19-12(20)10-7(13)9(16)8(14)11(15)18-10/h2-4H,1H3,(H2,16,18)(H,19,20). The summed E-state index contributed by atoms with van der Waals surface area (Å²) >= 11 is 17.4. The van der Waals surface area contributed by atoms with E-state index in [1.807, 2.05) is 0 Å². The lowest BCUT2D eigenvalue weighted by molar-refractivity contribution is 0.0950. The van der Waals surface area contributed by atoms with E-state index >= 15 is 0 Å². The summed E-state index contributed by atoms with van der Waals surface area (Å²) in [6, 6.07) is 3.47. The number of amides is 1. The summed E-state index contributed by atoms with van der Waals surface area (Å²) in [5, 5.41) is 3.51. The van der Waals surface area contributed by atoms with Crippen LogP contribution in [0, 0.1) is 6.92 Å². The van der Waals surface area contributed by atoms with E-state index in [4.69, 9.17) is 45.0 Å².